The van der Waals surface area contributed by atoms with Gasteiger partial charge in [-0.15, -0.1) is 0 Å². The first kappa shape index (κ1) is 22.3. The number of piperidine rings is 1. The van der Waals surface area contributed by atoms with Crippen molar-refractivity contribution < 1.29 is 17.9 Å². The first-order valence-corrected chi connectivity index (χ1v) is 12.0. The molecule has 1 aliphatic heterocycles. The summed E-state index contributed by atoms with van der Waals surface area (Å²) in [4.78, 5) is 15.1. The van der Waals surface area contributed by atoms with Gasteiger partial charge in [0.2, 0.25) is 15.9 Å². The van der Waals surface area contributed by atoms with Crippen molar-refractivity contribution in [3.63, 3.8) is 0 Å². The molecule has 0 aliphatic carbocycles. The number of amides is 1. The van der Waals surface area contributed by atoms with E-state index in [4.69, 9.17) is 4.74 Å². The molecule has 1 heterocycles. The molecule has 1 atom stereocenters. The van der Waals surface area contributed by atoms with Crippen molar-refractivity contribution in [3.8, 4) is 5.75 Å². The Hall–Kier alpha value is -2.38. The molecule has 1 saturated heterocycles. The van der Waals surface area contributed by atoms with E-state index in [2.05, 4.69) is 4.72 Å². The Morgan fingerprint density at radius 2 is 1.80 bits per heavy atom. The Labute approximate surface area is 179 Å². The Kier molecular flexibility index (Phi) is 7.50. The number of carbonyl (C=O) groups excluding carboxylic acids is 1. The molecule has 3 rings (SSSR count). The minimum Gasteiger partial charge on any atom is -0.494 e. The lowest BCUT2D eigenvalue weighted by atomic mass is 10.0. The van der Waals surface area contributed by atoms with Crippen molar-refractivity contribution in [1.29, 1.82) is 0 Å². The summed E-state index contributed by atoms with van der Waals surface area (Å²) in [5.74, 6) is 0.492. The highest BCUT2D eigenvalue weighted by atomic mass is 32.2. The molecule has 1 fully saturated rings. The largest absolute Gasteiger partial charge is 0.494 e. The van der Waals surface area contributed by atoms with Gasteiger partial charge in [-0.2, -0.15) is 4.72 Å². The lowest BCUT2D eigenvalue weighted by molar-refractivity contribution is -0.133. The second-order valence-corrected chi connectivity index (χ2v) is 9.32. The van der Waals surface area contributed by atoms with Crippen LogP contribution in [0, 0.1) is 6.92 Å². The SMILES string of the molecule is CCOc1ccc(S(=O)(=O)N[C@H](Cc2ccccc2)C(=O)N2CCCCC2)cc1C. The van der Waals surface area contributed by atoms with E-state index >= 15 is 0 Å². The van der Waals surface area contributed by atoms with Gasteiger partial charge in [0.15, 0.2) is 0 Å². The Morgan fingerprint density at radius 3 is 2.43 bits per heavy atom. The number of rotatable bonds is 8. The number of aryl methyl sites for hydroxylation is 1. The van der Waals surface area contributed by atoms with Crippen molar-refractivity contribution in [2.45, 2.75) is 50.5 Å². The number of hydrogen-bond acceptors (Lipinski definition) is 4. The normalized spacial score (nSPS) is 15.6. The summed E-state index contributed by atoms with van der Waals surface area (Å²) < 4.78 is 34.4. The van der Waals surface area contributed by atoms with Gasteiger partial charge in [-0.3, -0.25) is 4.79 Å². The third-order valence-electron chi connectivity index (χ3n) is 5.30. The van der Waals surface area contributed by atoms with Crippen LogP contribution in [-0.4, -0.2) is 45.0 Å². The minimum absolute atomic E-state index is 0.132. The van der Waals surface area contributed by atoms with E-state index in [9.17, 15) is 13.2 Å². The summed E-state index contributed by atoms with van der Waals surface area (Å²) in [5, 5.41) is 0. The number of nitrogens with zero attached hydrogens (tertiary/aromatic N) is 1. The summed E-state index contributed by atoms with van der Waals surface area (Å²) in [5.41, 5.74) is 1.65. The van der Waals surface area contributed by atoms with Crippen LogP contribution in [0.25, 0.3) is 0 Å². The summed E-state index contributed by atoms with van der Waals surface area (Å²) >= 11 is 0. The van der Waals surface area contributed by atoms with E-state index in [0.717, 1.165) is 30.4 Å². The predicted molar refractivity (Wildman–Crippen MR) is 117 cm³/mol. The van der Waals surface area contributed by atoms with Crippen molar-refractivity contribution in [3.05, 3.63) is 59.7 Å². The van der Waals surface area contributed by atoms with Crippen LogP contribution in [0.1, 0.15) is 37.3 Å². The van der Waals surface area contributed by atoms with Crippen molar-refractivity contribution >= 4 is 15.9 Å². The molecule has 0 saturated carbocycles. The van der Waals surface area contributed by atoms with E-state index in [1.54, 1.807) is 17.0 Å². The topological polar surface area (TPSA) is 75.7 Å². The number of benzene rings is 2. The number of sulfonamides is 1. The van der Waals surface area contributed by atoms with Crippen LogP contribution in [0.15, 0.2) is 53.4 Å². The highest BCUT2D eigenvalue weighted by Crippen LogP contribution is 2.22. The van der Waals surface area contributed by atoms with Gasteiger partial charge in [0, 0.05) is 13.1 Å². The zero-order valence-electron chi connectivity index (χ0n) is 17.6. The number of carbonyl (C=O) groups is 1. The van der Waals surface area contributed by atoms with Gasteiger partial charge in [0.05, 0.1) is 11.5 Å². The van der Waals surface area contributed by atoms with E-state index in [1.165, 1.54) is 6.07 Å². The average Bonchev–Trinajstić information content (AvgIpc) is 2.75. The van der Waals surface area contributed by atoms with Crippen LogP contribution in [0.4, 0.5) is 0 Å². The van der Waals surface area contributed by atoms with Crippen LogP contribution in [0.3, 0.4) is 0 Å². The van der Waals surface area contributed by atoms with Gasteiger partial charge < -0.3 is 9.64 Å². The molecule has 7 heteroatoms. The summed E-state index contributed by atoms with van der Waals surface area (Å²) in [6.07, 6.45) is 3.32. The highest BCUT2D eigenvalue weighted by molar-refractivity contribution is 7.89. The smallest absolute Gasteiger partial charge is 0.241 e. The minimum atomic E-state index is -3.87. The number of nitrogens with one attached hydrogen (secondary N) is 1. The maximum atomic E-state index is 13.2. The van der Waals surface area contributed by atoms with Crippen LogP contribution in [-0.2, 0) is 21.2 Å². The zero-order chi connectivity index (χ0) is 21.6. The first-order chi connectivity index (χ1) is 14.4. The lowest BCUT2D eigenvalue weighted by Gasteiger charge is -2.30. The van der Waals surface area contributed by atoms with Gasteiger partial charge in [-0.25, -0.2) is 8.42 Å². The fourth-order valence-corrected chi connectivity index (χ4v) is 5.00. The summed E-state index contributed by atoms with van der Waals surface area (Å²) in [6, 6.07) is 13.4. The molecular weight excluding hydrogens is 400 g/mol. The third kappa shape index (κ3) is 5.61. The van der Waals surface area contributed by atoms with Crippen molar-refractivity contribution in [1.82, 2.24) is 9.62 Å². The van der Waals surface area contributed by atoms with E-state index in [0.29, 0.717) is 31.9 Å². The van der Waals surface area contributed by atoms with Crippen LogP contribution >= 0.6 is 0 Å². The van der Waals surface area contributed by atoms with Gasteiger partial charge >= 0.3 is 0 Å². The van der Waals surface area contributed by atoms with E-state index < -0.39 is 16.1 Å². The molecule has 0 aromatic heterocycles. The monoisotopic (exact) mass is 430 g/mol. The molecule has 0 bridgehead atoms. The fraction of sp³-hybridized carbons (Fsp3) is 0.435. The van der Waals surface area contributed by atoms with Crippen molar-refractivity contribution in [2.24, 2.45) is 0 Å². The third-order valence-corrected chi connectivity index (χ3v) is 6.77. The van der Waals surface area contributed by atoms with Gasteiger partial charge in [-0.1, -0.05) is 30.3 Å². The fourth-order valence-electron chi connectivity index (χ4n) is 3.73. The molecule has 1 amide bonds. The molecule has 2 aromatic carbocycles. The number of ether oxygens (including phenoxy) is 1. The number of hydrogen-bond donors (Lipinski definition) is 1. The first-order valence-electron chi connectivity index (χ1n) is 10.5. The maximum Gasteiger partial charge on any atom is 0.241 e. The van der Waals surface area contributed by atoms with Gasteiger partial charge in [0.1, 0.15) is 11.8 Å². The second kappa shape index (κ2) is 10.1. The maximum absolute atomic E-state index is 13.2. The Morgan fingerprint density at radius 1 is 1.10 bits per heavy atom. The molecular formula is C23H30N2O4S. The standard InChI is InChI=1S/C23H30N2O4S/c1-3-29-22-13-12-20(16-18(22)2)30(27,28)24-21(17-19-10-6-4-7-11-19)23(26)25-14-8-5-9-15-25/h4,6-7,10-13,16,21,24H,3,5,8-9,14-15,17H2,1-2H3/t21-/m1/s1. The molecule has 0 spiro atoms. The van der Waals surface area contributed by atoms with Gasteiger partial charge in [-0.05, 0) is 68.9 Å². The molecule has 2 aromatic rings. The number of likely N-dealkylation sites (tertiary alicyclic amines) is 1. The van der Waals surface area contributed by atoms with Crippen LogP contribution < -0.4 is 9.46 Å². The quantitative estimate of drug-likeness (QED) is 0.697. The Bertz CT molecular complexity index is 954. The van der Waals surface area contributed by atoms with E-state index in [1.807, 2.05) is 44.2 Å². The zero-order valence-corrected chi connectivity index (χ0v) is 18.5. The molecule has 162 valence electrons. The van der Waals surface area contributed by atoms with Gasteiger partial charge in [0.25, 0.3) is 0 Å². The molecule has 0 unspecified atom stereocenters. The molecule has 30 heavy (non-hydrogen) atoms. The predicted octanol–water partition coefficient (Wildman–Crippen LogP) is 3.30. The van der Waals surface area contributed by atoms with Crippen LogP contribution in [0.2, 0.25) is 0 Å². The van der Waals surface area contributed by atoms with Crippen LogP contribution in [0.5, 0.6) is 5.75 Å². The second-order valence-electron chi connectivity index (χ2n) is 7.61. The molecule has 0 radical (unpaired) electrons. The summed E-state index contributed by atoms with van der Waals surface area (Å²) in [7, 11) is -3.87. The van der Waals surface area contributed by atoms with Crippen molar-refractivity contribution in [2.75, 3.05) is 19.7 Å². The molecule has 1 aliphatic rings. The summed E-state index contributed by atoms with van der Waals surface area (Å²) in [6.45, 7) is 5.55. The average molecular weight is 431 g/mol. The highest BCUT2D eigenvalue weighted by Gasteiger charge is 2.30. The lowest BCUT2D eigenvalue weighted by Crippen LogP contribution is -2.50. The van der Waals surface area contributed by atoms with E-state index in [-0.39, 0.29) is 10.8 Å². The Balaban J connectivity index is 1.85. The molecule has 1 N–H and O–H groups in total. The molecule has 6 nitrogen and oxygen atoms in total.